The molecule has 172 valence electrons. The quantitative estimate of drug-likeness (QED) is 0.339. The van der Waals surface area contributed by atoms with Crippen LogP contribution in [0.15, 0.2) is 34.9 Å². The Morgan fingerprint density at radius 2 is 1.55 bits per heavy atom. The van der Waals surface area contributed by atoms with Gasteiger partial charge in [0, 0.05) is 31.6 Å². The first kappa shape index (κ1) is 25.8. The van der Waals surface area contributed by atoms with Crippen LogP contribution >= 0.6 is 0 Å². The summed E-state index contributed by atoms with van der Waals surface area (Å²) in [6.45, 7) is 13.8. The van der Waals surface area contributed by atoms with E-state index in [2.05, 4.69) is 23.1 Å². The summed E-state index contributed by atoms with van der Waals surface area (Å²) in [4.78, 5) is 54.5. The molecule has 0 aliphatic rings. The van der Waals surface area contributed by atoms with Crippen LogP contribution in [0.1, 0.15) is 40.5 Å². The van der Waals surface area contributed by atoms with Crippen LogP contribution in [-0.2, 0) is 23.8 Å². The molecular weight excluding hydrogens is 410 g/mol. The van der Waals surface area contributed by atoms with Crippen molar-refractivity contribution in [3.05, 3.63) is 46.3 Å². The Labute approximate surface area is 179 Å². The molecule has 3 unspecified atom stereocenters. The molecular formula is C20H29N3O8. The molecule has 3 atom stereocenters. The van der Waals surface area contributed by atoms with Gasteiger partial charge in [0.1, 0.15) is 17.8 Å². The van der Waals surface area contributed by atoms with Crippen LogP contribution in [0.25, 0.3) is 0 Å². The van der Waals surface area contributed by atoms with Gasteiger partial charge in [0.05, 0.1) is 6.10 Å². The predicted octanol–water partition coefficient (Wildman–Crippen LogP) is 1.02. The highest BCUT2D eigenvalue weighted by atomic mass is 16.6. The molecule has 0 spiro atoms. The van der Waals surface area contributed by atoms with Crippen molar-refractivity contribution in [2.45, 2.75) is 64.4 Å². The maximum Gasteiger partial charge on any atom is 0.353 e. The van der Waals surface area contributed by atoms with Crippen LogP contribution in [0.2, 0.25) is 0 Å². The van der Waals surface area contributed by atoms with Gasteiger partial charge in [0.25, 0.3) is 0 Å². The van der Waals surface area contributed by atoms with E-state index in [1.165, 1.54) is 0 Å². The number of H-pyrrole nitrogens is 2. The van der Waals surface area contributed by atoms with E-state index in [0.717, 1.165) is 12.2 Å². The molecule has 0 saturated carbocycles. The Morgan fingerprint density at radius 1 is 1.03 bits per heavy atom. The summed E-state index contributed by atoms with van der Waals surface area (Å²) in [6.07, 6.45) is 0.121. The molecule has 1 heterocycles. The number of esters is 2. The standard InChI is InChI=1S/C20H29N3O8/c1-7-15(24)29-12(4)10-20(14(6)28-9-3,11-13(5)30-16(25)8-2)31-19-22-17(26)21-18(27)23-19/h7-8,12-14H,1-2,9-11H2,3-6H3,(H2,21,22,23,26,27). The number of hydrogen-bond donors (Lipinski definition) is 2. The van der Waals surface area contributed by atoms with Gasteiger partial charge in [-0.1, -0.05) is 13.2 Å². The van der Waals surface area contributed by atoms with Crippen molar-refractivity contribution in [2.24, 2.45) is 0 Å². The first-order valence-corrected chi connectivity index (χ1v) is 9.72. The SMILES string of the molecule is C=CC(=O)OC(C)CC(CC(C)OC(=O)C=C)(Oc1nc(=O)[nH]c(=O)[nH]1)C(C)OCC. The molecule has 1 aromatic rings. The third kappa shape index (κ3) is 8.21. The number of ether oxygens (including phenoxy) is 4. The summed E-state index contributed by atoms with van der Waals surface area (Å²) in [5.74, 6) is -1.28. The van der Waals surface area contributed by atoms with Gasteiger partial charge in [-0.15, -0.1) is 4.98 Å². The second-order valence-corrected chi connectivity index (χ2v) is 6.88. The Bertz CT molecular complexity index is 833. The summed E-state index contributed by atoms with van der Waals surface area (Å²) in [5.41, 5.74) is -3.04. The molecule has 0 saturated heterocycles. The van der Waals surface area contributed by atoms with E-state index in [9.17, 15) is 19.2 Å². The zero-order valence-corrected chi connectivity index (χ0v) is 18.1. The van der Waals surface area contributed by atoms with E-state index in [1.807, 2.05) is 4.98 Å². The maximum atomic E-state index is 11.7. The third-order valence-electron chi connectivity index (χ3n) is 4.34. The van der Waals surface area contributed by atoms with Crippen LogP contribution < -0.4 is 16.1 Å². The average Bonchev–Trinajstić information content (AvgIpc) is 2.66. The minimum atomic E-state index is -1.32. The van der Waals surface area contributed by atoms with E-state index < -0.39 is 47.2 Å². The van der Waals surface area contributed by atoms with Crippen LogP contribution in [-0.4, -0.2) is 57.4 Å². The largest absolute Gasteiger partial charge is 0.459 e. The first-order valence-electron chi connectivity index (χ1n) is 9.72. The molecule has 0 amide bonds. The zero-order valence-electron chi connectivity index (χ0n) is 18.1. The lowest BCUT2D eigenvalue weighted by molar-refractivity contribution is -0.157. The Balaban J connectivity index is 3.41. The topological polar surface area (TPSA) is 150 Å². The molecule has 11 nitrogen and oxygen atoms in total. The number of rotatable bonds is 13. The van der Waals surface area contributed by atoms with Crippen molar-refractivity contribution >= 4 is 11.9 Å². The Hall–Kier alpha value is -3.21. The Morgan fingerprint density at radius 3 is 1.97 bits per heavy atom. The van der Waals surface area contributed by atoms with Crippen LogP contribution in [0.4, 0.5) is 0 Å². The molecule has 1 aromatic heterocycles. The molecule has 0 bridgehead atoms. The van der Waals surface area contributed by atoms with Gasteiger partial charge in [-0.05, 0) is 27.7 Å². The highest BCUT2D eigenvalue weighted by molar-refractivity contribution is 5.81. The predicted molar refractivity (Wildman–Crippen MR) is 111 cm³/mol. The molecule has 0 aromatic carbocycles. The molecule has 31 heavy (non-hydrogen) atoms. The smallest absolute Gasteiger partial charge is 0.353 e. The van der Waals surface area contributed by atoms with Gasteiger partial charge in [-0.3, -0.25) is 9.97 Å². The number of aromatic nitrogens is 3. The molecule has 0 fully saturated rings. The van der Waals surface area contributed by atoms with Crippen LogP contribution in [0, 0.1) is 0 Å². The summed E-state index contributed by atoms with van der Waals surface area (Å²) in [6, 6.07) is -0.357. The van der Waals surface area contributed by atoms with Crippen molar-refractivity contribution in [3.8, 4) is 6.01 Å². The number of nitrogens with zero attached hydrogens (tertiary/aromatic N) is 1. The molecule has 1 rings (SSSR count). The molecule has 0 radical (unpaired) electrons. The fourth-order valence-electron chi connectivity index (χ4n) is 3.15. The second kappa shape index (κ2) is 11.8. The van der Waals surface area contributed by atoms with E-state index >= 15 is 0 Å². The van der Waals surface area contributed by atoms with Crippen molar-refractivity contribution < 1.29 is 28.5 Å². The number of aromatic amines is 2. The lowest BCUT2D eigenvalue weighted by Gasteiger charge is -2.40. The van der Waals surface area contributed by atoms with E-state index in [-0.39, 0.29) is 18.9 Å². The molecule has 0 aliphatic carbocycles. The Kier molecular flexibility index (Phi) is 9.87. The van der Waals surface area contributed by atoms with Crippen molar-refractivity contribution in [2.75, 3.05) is 6.61 Å². The highest BCUT2D eigenvalue weighted by Crippen LogP contribution is 2.32. The lowest BCUT2D eigenvalue weighted by Crippen LogP contribution is -2.53. The van der Waals surface area contributed by atoms with Crippen molar-refractivity contribution in [3.63, 3.8) is 0 Å². The van der Waals surface area contributed by atoms with Gasteiger partial charge < -0.3 is 18.9 Å². The third-order valence-corrected chi connectivity index (χ3v) is 4.34. The summed E-state index contributed by atoms with van der Waals surface area (Å²) >= 11 is 0. The average molecular weight is 439 g/mol. The summed E-state index contributed by atoms with van der Waals surface area (Å²) < 4.78 is 22.3. The molecule has 11 heteroatoms. The van der Waals surface area contributed by atoms with E-state index in [0.29, 0.717) is 6.61 Å². The summed E-state index contributed by atoms with van der Waals surface area (Å²) in [5, 5.41) is 0. The molecule has 2 N–H and O–H groups in total. The second-order valence-electron chi connectivity index (χ2n) is 6.88. The number of carbonyl (C=O) groups excluding carboxylic acids is 2. The van der Waals surface area contributed by atoms with Gasteiger partial charge in [-0.25, -0.2) is 19.2 Å². The van der Waals surface area contributed by atoms with E-state index in [4.69, 9.17) is 18.9 Å². The number of hydrogen-bond acceptors (Lipinski definition) is 9. The van der Waals surface area contributed by atoms with Crippen LogP contribution in [0.3, 0.4) is 0 Å². The molecule has 0 aliphatic heterocycles. The number of carbonyl (C=O) groups is 2. The van der Waals surface area contributed by atoms with Gasteiger partial charge >= 0.3 is 29.3 Å². The van der Waals surface area contributed by atoms with Gasteiger partial charge in [0.15, 0.2) is 0 Å². The monoisotopic (exact) mass is 439 g/mol. The van der Waals surface area contributed by atoms with Crippen molar-refractivity contribution in [1.82, 2.24) is 15.0 Å². The fourth-order valence-corrected chi connectivity index (χ4v) is 3.15. The zero-order chi connectivity index (χ0) is 23.6. The lowest BCUT2D eigenvalue weighted by atomic mass is 9.85. The minimum absolute atomic E-state index is 0.0558. The van der Waals surface area contributed by atoms with Gasteiger partial charge in [-0.2, -0.15) is 0 Å². The maximum absolute atomic E-state index is 11.7. The van der Waals surface area contributed by atoms with Crippen molar-refractivity contribution in [1.29, 1.82) is 0 Å². The van der Waals surface area contributed by atoms with Crippen LogP contribution in [0.5, 0.6) is 6.01 Å². The fraction of sp³-hybridized carbons (Fsp3) is 0.550. The number of nitrogens with one attached hydrogen (secondary N) is 2. The normalized spacial score (nSPS) is 15.6. The first-order chi connectivity index (χ1) is 14.5. The van der Waals surface area contributed by atoms with E-state index in [1.54, 1.807) is 27.7 Å². The minimum Gasteiger partial charge on any atom is -0.459 e. The highest BCUT2D eigenvalue weighted by Gasteiger charge is 2.44. The van der Waals surface area contributed by atoms with Gasteiger partial charge in [0.2, 0.25) is 0 Å². The summed E-state index contributed by atoms with van der Waals surface area (Å²) in [7, 11) is 0.